The van der Waals surface area contributed by atoms with Crippen molar-refractivity contribution in [1.29, 1.82) is 0 Å². The Morgan fingerprint density at radius 3 is 0.857 bits per heavy atom. The van der Waals surface area contributed by atoms with Gasteiger partial charge in [0.2, 0.25) is 0 Å². The molecule has 169 valence electrons. The van der Waals surface area contributed by atoms with E-state index in [9.17, 15) is 0 Å². The van der Waals surface area contributed by atoms with Gasteiger partial charge in [-0.1, -0.05) is 156 Å². The highest BCUT2D eigenvalue weighted by Gasteiger charge is 2.08. The maximum atomic E-state index is 2.36. The zero-order valence-electron chi connectivity index (χ0n) is 20.5. The molecule has 0 spiro atoms. The van der Waals surface area contributed by atoms with E-state index in [1.54, 1.807) is 0 Å². The maximum Gasteiger partial charge on any atom is -0.0241 e. The van der Waals surface area contributed by atoms with Crippen LogP contribution >= 0.6 is 0 Å². The van der Waals surface area contributed by atoms with Crippen LogP contribution in [0.25, 0.3) is 0 Å². The highest BCUT2D eigenvalue weighted by molar-refractivity contribution is 4.88. The predicted octanol–water partition coefficient (Wildman–Crippen LogP) is 11.0. The molecule has 0 heteroatoms. The van der Waals surface area contributed by atoms with Gasteiger partial charge >= 0.3 is 0 Å². The third-order valence-corrected chi connectivity index (χ3v) is 6.37. The Morgan fingerprint density at radius 2 is 0.571 bits per heavy atom. The van der Waals surface area contributed by atoms with Crippen molar-refractivity contribution >= 4 is 0 Å². The van der Waals surface area contributed by atoms with Gasteiger partial charge in [-0.25, -0.2) is 0 Å². The lowest BCUT2D eigenvalue weighted by Gasteiger charge is -2.15. The molecule has 0 aliphatic carbocycles. The minimum atomic E-state index is 1.35. The second-order valence-corrected chi connectivity index (χ2v) is 9.36. The second-order valence-electron chi connectivity index (χ2n) is 9.36. The van der Waals surface area contributed by atoms with Gasteiger partial charge in [-0.15, -0.1) is 0 Å². The van der Waals surface area contributed by atoms with Crippen molar-refractivity contribution in [3.8, 4) is 0 Å². The van der Waals surface area contributed by atoms with Gasteiger partial charge in [-0.05, 0) is 25.2 Å². The molecule has 0 aromatic carbocycles. The summed E-state index contributed by atoms with van der Waals surface area (Å²) < 4.78 is 0. The molecule has 0 saturated carbocycles. The van der Waals surface area contributed by atoms with Crippen molar-refractivity contribution in [2.24, 2.45) is 0 Å². The van der Waals surface area contributed by atoms with E-state index in [0.29, 0.717) is 0 Å². The first-order valence-corrected chi connectivity index (χ1v) is 13.7. The molecule has 0 aliphatic heterocycles. The maximum absolute atomic E-state index is 2.36. The third kappa shape index (κ3) is 22.3. The Morgan fingerprint density at radius 1 is 0.286 bits per heavy atom. The Labute approximate surface area is 181 Å². The Kier molecular flexibility index (Phi) is 25.0. The summed E-state index contributed by atoms with van der Waals surface area (Å²) in [5, 5.41) is 0. The van der Waals surface area contributed by atoms with Gasteiger partial charge in [0.25, 0.3) is 0 Å². The van der Waals surface area contributed by atoms with Gasteiger partial charge < -0.3 is 0 Å². The first kappa shape index (κ1) is 28.0. The molecule has 0 fully saturated rings. The molecule has 1 radical (unpaired) electrons. The topological polar surface area (TPSA) is 0 Å². The van der Waals surface area contributed by atoms with Crippen LogP contribution in [0.15, 0.2) is 0 Å². The van der Waals surface area contributed by atoms with E-state index in [4.69, 9.17) is 0 Å². The van der Waals surface area contributed by atoms with Crippen LogP contribution in [0.4, 0.5) is 0 Å². The van der Waals surface area contributed by atoms with Crippen LogP contribution in [-0.2, 0) is 0 Å². The van der Waals surface area contributed by atoms with Gasteiger partial charge in [-0.2, -0.15) is 0 Å². The lowest BCUT2D eigenvalue weighted by Crippen LogP contribution is -1.98. The molecule has 0 nitrogen and oxygen atoms in total. The van der Waals surface area contributed by atoms with Gasteiger partial charge in [0.15, 0.2) is 0 Å². The van der Waals surface area contributed by atoms with Crippen molar-refractivity contribution in [2.75, 3.05) is 0 Å². The normalized spacial score (nSPS) is 11.6. The van der Waals surface area contributed by atoms with Crippen molar-refractivity contribution in [2.45, 2.75) is 175 Å². The van der Waals surface area contributed by atoms with Gasteiger partial charge in [-0.3, -0.25) is 0 Å². The molecule has 0 N–H and O–H groups in total. The fraction of sp³-hybridized carbons (Fsp3) is 0.964. The molecule has 0 atom stereocenters. The summed E-state index contributed by atoms with van der Waals surface area (Å²) in [6.07, 6.45) is 34.8. The average Bonchev–Trinajstić information content (AvgIpc) is 2.70. The van der Waals surface area contributed by atoms with Gasteiger partial charge in [0, 0.05) is 0 Å². The smallest absolute Gasteiger partial charge is 0.0241 e. The molecule has 0 heterocycles. The summed E-state index contributed by atoms with van der Waals surface area (Å²) in [7, 11) is 0. The van der Waals surface area contributed by atoms with Gasteiger partial charge in [0.05, 0.1) is 0 Å². The van der Waals surface area contributed by atoms with Crippen LogP contribution in [0.5, 0.6) is 0 Å². The van der Waals surface area contributed by atoms with E-state index in [1.807, 2.05) is 5.92 Å². The number of hydrogen-bond acceptors (Lipinski definition) is 0. The SMILES string of the molecule is CCCCCCCCCCCC[C](CCC)CCCCCCCCCCCC. The van der Waals surface area contributed by atoms with Crippen LogP contribution < -0.4 is 0 Å². The van der Waals surface area contributed by atoms with E-state index in [2.05, 4.69) is 20.8 Å². The highest BCUT2D eigenvalue weighted by Crippen LogP contribution is 2.25. The van der Waals surface area contributed by atoms with Crippen LogP contribution in [-0.4, -0.2) is 0 Å². The molecule has 0 saturated heterocycles. The zero-order valence-corrected chi connectivity index (χ0v) is 20.5. The summed E-state index contributed by atoms with van der Waals surface area (Å²) in [5.74, 6) is 1.89. The van der Waals surface area contributed by atoms with Crippen LogP contribution in [0.2, 0.25) is 0 Å². The van der Waals surface area contributed by atoms with E-state index in [0.717, 1.165) is 0 Å². The summed E-state index contributed by atoms with van der Waals surface area (Å²) >= 11 is 0. The Balaban J connectivity index is 3.41. The fourth-order valence-corrected chi connectivity index (χ4v) is 4.45. The van der Waals surface area contributed by atoms with Gasteiger partial charge in [0.1, 0.15) is 0 Å². The van der Waals surface area contributed by atoms with Crippen molar-refractivity contribution in [3.63, 3.8) is 0 Å². The van der Waals surface area contributed by atoms with Crippen LogP contribution in [0.1, 0.15) is 175 Å². The van der Waals surface area contributed by atoms with Crippen LogP contribution in [0, 0.1) is 5.92 Å². The first-order chi connectivity index (χ1) is 13.8. The largest absolute Gasteiger partial charge is 0.0654 e. The van der Waals surface area contributed by atoms with E-state index < -0.39 is 0 Å². The molecule has 28 heavy (non-hydrogen) atoms. The zero-order chi connectivity index (χ0) is 20.5. The monoisotopic (exact) mass is 393 g/mol. The quantitative estimate of drug-likeness (QED) is 0.143. The minimum Gasteiger partial charge on any atom is -0.0654 e. The Hall–Kier alpha value is 0. The molecular weight excluding hydrogens is 336 g/mol. The highest BCUT2D eigenvalue weighted by atomic mass is 14.1. The molecule has 0 bridgehead atoms. The molecule has 0 unspecified atom stereocenters. The summed E-state index contributed by atoms with van der Waals surface area (Å²) in [6, 6.07) is 0. The molecule has 0 rings (SSSR count). The van der Waals surface area contributed by atoms with Crippen molar-refractivity contribution < 1.29 is 0 Å². The molecule has 0 aromatic heterocycles. The third-order valence-electron chi connectivity index (χ3n) is 6.37. The molecule has 0 amide bonds. The standard InChI is InChI=1S/C28H57/c1-4-7-9-11-13-15-17-19-21-23-26-28(25-6-3)27-24-22-20-18-16-14-12-10-8-5-2/h4-27H2,1-3H3. The van der Waals surface area contributed by atoms with E-state index >= 15 is 0 Å². The number of unbranched alkanes of at least 4 members (excludes halogenated alkanes) is 18. The number of rotatable bonds is 24. The molecule has 0 aromatic rings. The van der Waals surface area contributed by atoms with Crippen LogP contribution in [0.3, 0.4) is 0 Å². The lowest BCUT2D eigenvalue weighted by atomic mass is 9.90. The second kappa shape index (κ2) is 25.0. The number of hydrogen-bond donors (Lipinski definition) is 0. The van der Waals surface area contributed by atoms with Crippen molar-refractivity contribution in [1.82, 2.24) is 0 Å². The average molecular weight is 394 g/mol. The minimum absolute atomic E-state index is 1.35. The predicted molar refractivity (Wildman–Crippen MR) is 131 cm³/mol. The first-order valence-electron chi connectivity index (χ1n) is 13.7. The van der Waals surface area contributed by atoms with E-state index in [1.165, 1.54) is 154 Å². The Bertz CT molecular complexity index is 233. The van der Waals surface area contributed by atoms with Crippen molar-refractivity contribution in [3.05, 3.63) is 5.92 Å². The summed E-state index contributed by atoms with van der Waals surface area (Å²) in [6.45, 7) is 6.97. The lowest BCUT2D eigenvalue weighted by molar-refractivity contribution is 0.517. The fourth-order valence-electron chi connectivity index (χ4n) is 4.45. The molecule has 0 aliphatic rings. The summed E-state index contributed by atoms with van der Waals surface area (Å²) in [5.41, 5.74) is 0. The van der Waals surface area contributed by atoms with E-state index in [-0.39, 0.29) is 0 Å². The molecular formula is C28H57. The summed E-state index contributed by atoms with van der Waals surface area (Å²) in [4.78, 5) is 0.